The summed E-state index contributed by atoms with van der Waals surface area (Å²) in [5.41, 5.74) is 1.76. The van der Waals surface area contributed by atoms with Crippen LogP contribution in [0, 0.1) is 56.2 Å². The molecule has 5 aliphatic rings. The zero-order chi connectivity index (χ0) is 24.2. The molecule has 1 N–H and O–H groups in total. The number of carboxylic acids is 1. The van der Waals surface area contributed by atoms with E-state index in [1.54, 1.807) is 0 Å². The summed E-state index contributed by atoms with van der Waals surface area (Å²) in [5, 5.41) is 11.1. The minimum Gasteiger partial charge on any atom is -0.481 e. The Morgan fingerprint density at radius 2 is 1.55 bits per heavy atom. The second kappa shape index (κ2) is 6.91. The standard InChI is InChI=1S/C31H50O2/c1-20-11-13-29(7)23(27(20,4)5)12-14-30(8)24(29)10-9-21-22-19-26(2,3)15-16-28(22,6)17-18-31(21,30)25(32)33/h9,20,22-24H,10-19H2,1-8H3,(H,32,33)/t20-,22+,23+,24+,28+,29-,30+,31+/m0/s1. The van der Waals surface area contributed by atoms with Crippen LogP contribution in [0.5, 0.6) is 0 Å². The molecule has 5 rings (SSSR count). The minimum absolute atomic E-state index is 0.131. The van der Waals surface area contributed by atoms with Gasteiger partial charge in [0.15, 0.2) is 0 Å². The number of hydrogen-bond acceptors (Lipinski definition) is 1. The van der Waals surface area contributed by atoms with Gasteiger partial charge in [-0.1, -0.05) is 67.0 Å². The third-order valence-electron chi connectivity index (χ3n) is 13.4. The first-order valence-electron chi connectivity index (χ1n) is 14.1. The molecule has 5 aliphatic carbocycles. The predicted octanol–water partition coefficient (Wildman–Crippen LogP) is 8.51. The minimum atomic E-state index is -0.658. The van der Waals surface area contributed by atoms with Gasteiger partial charge in [-0.15, -0.1) is 0 Å². The summed E-state index contributed by atoms with van der Waals surface area (Å²) in [7, 11) is 0. The molecule has 0 unspecified atom stereocenters. The van der Waals surface area contributed by atoms with Crippen LogP contribution in [0.2, 0.25) is 0 Å². The van der Waals surface area contributed by atoms with Crippen LogP contribution in [0.1, 0.15) is 120 Å². The summed E-state index contributed by atoms with van der Waals surface area (Å²) in [4.78, 5) is 13.5. The van der Waals surface area contributed by atoms with E-state index < -0.39 is 11.4 Å². The van der Waals surface area contributed by atoms with Crippen LogP contribution in [0.3, 0.4) is 0 Å². The normalized spacial score (nSPS) is 52.4. The van der Waals surface area contributed by atoms with Gasteiger partial charge < -0.3 is 5.11 Å². The predicted molar refractivity (Wildman–Crippen MR) is 136 cm³/mol. The molecule has 0 saturated heterocycles. The lowest BCUT2D eigenvalue weighted by atomic mass is 9.33. The fourth-order valence-corrected chi connectivity index (χ4v) is 10.8. The highest BCUT2D eigenvalue weighted by molar-refractivity contribution is 5.81. The van der Waals surface area contributed by atoms with Crippen molar-refractivity contribution in [3.8, 4) is 0 Å². The molecule has 0 aromatic heterocycles. The first kappa shape index (κ1) is 23.9. The molecule has 2 heteroatoms. The maximum atomic E-state index is 13.5. The molecule has 0 bridgehead atoms. The highest BCUT2D eigenvalue weighted by atomic mass is 16.4. The van der Waals surface area contributed by atoms with Crippen molar-refractivity contribution in [1.29, 1.82) is 0 Å². The van der Waals surface area contributed by atoms with Crippen LogP contribution in [0.25, 0.3) is 0 Å². The second-order valence-corrected chi connectivity index (χ2v) is 15.5. The van der Waals surface area contributed by atoms with Crippen LogP contribution >= 0.6 is 0 Å². The van der Waals surface area contributed by atoms with E-state index in [2.05, 4.69) is 61.5 Å². The van der Waals surface area contributed by atoms with Gasteiger partial charge >= 0.3 is 5.97 Å². The Hall–Kier alpha value is -0.790. The lowest BCUT2D eigenvalue weighted by molar-refractivity contribution is -0.205. The molecular formula is C31H50O2. The van der Waals surface area contributed by atoms with E-state index in [0.717, 1.165) is 38.0 Å². The van der Waals surface area contributed by atoms with Crippen molar-refractivity contribution in [1.82, 2.24) is 0 Å². The molecule has 8 atom stereocenters. The van der Waals surface area contributed by atoms with Gasteiger partial charge in [0, 0.05) is 0 Å². The van der Waals surface area contributed by atoms with E-state index in [0.29, 0.717) is 28.6 Å². The number of hydrogen-bond donors (Lipinski definition) is 1. The Balaban J connectivity index is 1.64. The lowest BCUT2D eigenvalue weighted by Crippen LogP contribution is -2.66. The third-order valence-corrected chi connectivity index (χ3v) is 13.4. The number of carbonyl (C=O) groups is 1. The maximum absolute atomic E-state index is 13.5. The first-order chi connectivity index (χ1) is 15.1. The van der Waals surface area contributed by atoms with Crippen molar-refractivity contribution in [3.63, 3.8) is 0 Å². The Morgan fingerprint density at radius 1 is 0.879 bits per heavy atom. The maximum Gasteiger partial charge on any atom is 0.314 e. The largest absolute Gasteiger partial charge is 0.481 e. The summed E-state index contributed by atoms with van der Waals surface area (Å²) in [6.45, 7) is 19.8. The first-order valence-corrected chi connectivity index (χ1v) is 14.1. The molecular weight excluding hydrogens is 404 g/mol. The van der Waals surface area contributed by atoms with Crippen molar-refractivity contribution < 1.29 is 9.90 Å². The number of aliphatic carboxylic acids is 1. The van der Waals surface area contributed by atoms with Crippen molar-refractivity contribution in [2.75, 3.05) is 0 Å². The van der Waals surface area contributed by atoms with Crippen LogP contribution in [0.4, 0.5) is 0 Å². The van der Waals surface area contributed by atoms with Gasteiger partial charge in [0.05, 0.1) is 5.41 Å². The van der Waals surface area contributed by atoms with E-state index in [-0.39, 0.29) is 16.2 Å². The zero-order valence-corrected chi connectivity index (χ0v) is 22.8. The third kappa shape index (κ3) is 2.88. The van der Waals surface area contributed by atoms with E-state index in [9.17, 15) is 9.90 Å². The number of fused-ring (bicyclic) bond motifs is 7. The molecule has 0 spiro atoms. The quantitative estimate of drug-likeness (QED) is 0.403. The molecule has 33 heavy (non-hydrogen) atoms. The fraction of sp³-hybridized carbons (Fsp3) is 0.903. The summed E-state index contributed by atoms with van der Waals surface area (Å²) in [6, 6.07) is 0. The van der Waals surface area contributed by atoms with Crippen LogP contribution in [-0.2, 0) is 4.79 Å². The van der Waals surface area contributed by atoms with Gasteiger partial charge in [-0.2, -0.15) is 0 Å². The Bertz CT molecular complexity index is 881. The SMILES string of the molecule is C[C@H]1CC[C@@]2(C)[C@H](CC[C@]3(C)[C@@H]2CC=C2[C@H]4CC(C)(C)CC[C@]4(C)CC[C@]23C(=O)O)C1(C)C. The van der Waals surface area contributed by atoms with Crippen LogP contribution in [0.15, 0.2) is 11.6 Å². The lowest BCUT2D eigenvalue weighted by Gasteiger charge is -2.70. The van der Waals surface area contributed by atoms with Gasteiger partial charge in [-0.05, 0) is 115 Å². The number of carboxylic acid groups (broad SMARTS) is 1. The highest BCUT2D eigenvalue weighted by Gasteiger charge is 2.71. The van der Waals surface area contributed by atoms with Gasteiger partial charge in [0.1, 0.15) is 0 Å². The summed E-state index contributed by atoms with van der Waals surface area (Å²) < 4.78 is 0. The Morgan fingerprint density at radius 3 is 2.21 bits per heavy atom. The monoisotopic (exact) mass is 454 g/mol. The van der Waals surface area contributed by atoms with E-state index in [1.165, 1.54) is 37.7 Å². The topological polar surface area (TPSA) is 37.3 Å². The molecule has 2 nitrogen and oxygen atoms in total. The highest BCUT2D eigenvalue weighted by Crippen LogP contribution is 2.76. The van der Waals surface area contributed by atoms with Crippen LogP contribution < -0.4 is 0 Å². The molecule has 0 amide bonds. The Kier molecular flexibility index (Phi) is 5.01. The van der Waals surface area contributed by atoms with Gasteiger partial charge in [0.25, 0.3) is 0 Å². The zero-order valence-electron chi connectivity index (χ0n) is 22.8. The molecule has 0 heterocycles. The molecule has 0 aromatic carbocycles. The smallest absolute Gasteiger partial charge is 0.314 e. The summed E-state index contributed by atoms with van der Waals surface area (Å²) >= 11 is 0. The average molecular weight is 455 g/mol. The van der Waals surface area contributed by atoms with Crippen LogP contribution in [-0.4, -0.2) is 11.1 Å². The van der Waals surface area contributed by atoms with Crippen molar-refractivity contribution >= 4 is 5.97 Å². The van der Waals surface area contributed by atoms with Crippen molar-refractivity contribution in [2.45, 2.75) is 120 Å². The Labute approximate surface area is 203 Å². The van der Waals surface area contributed by atoms with Gasteiger partial charge in [0.2, 0.25) is 0 Å². The number of rotatable bonds is 1. The molecule has 186 valence electrons. The van der Waals surface area contributed by atoms with Crippen molar-refractivity contribution in [3.05, 3.63) is 11.6 Å². The van der Waals surface area contributed by atoms with E-state index in [1.807, 2.05) is 0 Å². The molecule has 0 aromatic rings. The molecule has 0 radical (unpaired) electrons. The van der Waals surface area contributed by atoms with Crippen molar-refractivity contribution in [2.24, 2.45) is 56.2 Å². The van der Waals surface area contributed by atoms with Gasteiger partial charge in [-0.3, -0.25) is 4.79 Å². The summed E-state index contributed by atoms with van der Waals surface area (Å²) in [6.07, 6.45) is 14.1. The van der Waals surface area contributed by atoms with E-state index in [4.69, 9.17) is 0 Å². The van der Waals surface area contributed by atoms with E-state index >= 15 is 0 Å². The molecule has 4 saturated carbocycles. The fourth-order valence-electron chi connectivity index (χ4n) is 10.8. The second-order valence-electron chi connectivity index (χ2n) is 15.5. The average Bonchev–Trinajstić information content (AvgIpc) is 2.71. The molecule has 0 aliphatic heterocycles. The number of allylic oxidation sites excluding steroid dienone is 1. The molecule has 4 fully saturated rings. The van der Waals surface area contributed by atoms with Gasteiger partial charge in [-0.25, -0.2) is 0 Å². The summed E-state index contributed by atoms with van der Waals surface area (Å²) in [5.74, 6) is 1.88.